The molecule has 3 aromatic carbocycles. The largest absolute Gasteiger partial charge is 0.426 e. The van der Waals surface area contributed by atoms with E-state index in [1.807, 2.05) is 27.7 Å². The number of hydrogen-bond acceptors (Lipinski definition) is 4. The Morgan fingerprint density at radius 3 is 1.00 bits per heavy atom. The van der Waals surface area contributed by atoms with E-state index >= 15 is 0 Å². The van der Waals surface area contributed by atoms with Crippen molar-refractivity contribution in [2.24, 2.45) is 0 Å². The van der Waals surface area contributed by atoms with Crippen LogP contribution in [0.3, 0.4) is 0 Å². The molecule has 0 aliphatic carbocycles. The molecule has 0 unspecified atom stereocenters. The highest BCUT2D eigenvalue weighted by atomic mass is 16.5. The molecule has 0 aliphatic heterocycles. The highest BCUT2D eigenvalue weighted by Crippen LogP contribution is 2.39. The second-order valence-corrected chi connectivity index (χ2v) is 10.9. The molecule has 0 radical (unpaired) electrons. The summed E-state index contributed by atoms with van der Waals surface area (Å²) in [6.45, 7) is 19.6. The fourth-order valence-corrected chi connectivity index (χ4v) is 4.87. The van der Waals surface area contributed by atoms with E-state index in [0.717, 1.165) is 22.3 Å². The number of esters is 2. The summed E-state index contributed by atoms with van der Waals surface area (Å²) in [4.78, 5) is 23.0. The van der Waals surface area contributed by atoms with E-state index in [0.29, 0.717) is 11.5 Å². The summed E-state index contributed by atoms with van der Waals surface area (Å²) in [6.07, 6.45) is 0. The van der Waals surface area contributed by atoms with Gasteiger partial charge in [0.1, 0.15) is 11.5 Å². The van der Waals surface area contributed by atoms with Crippen molar-refractivity contribution in [2.75, 3.05) is 0 Å². The summed E-state index contributed by atoms with van der Waals surface area (Å²) in [5.74, 6) is 0.671. The van der Waals surface area contributed by atoms with E-state index in [9.17, 15) is 9.59 Å². The summed E-state index contributed by atoms with van der Waals surface area (Å²) >= 11 is 0. The lowest BCUT2D eigenvalue weighted by molar-refractivity contribution is -0.132. The third-order valence-corrected chi connectivity index (χ3v) is 7.18. The van der Waals surface area contributed by atoms with Crippen LogP contribution in [0.5, 0.6) is 11.5 Å². The predicted molar refractivity (Wildman–Crippen MR) is 145 cm³/mol. The van der Waals surface area contributed by atoms with Crippen LogP contribution in [0.1, 0.15) is 86.1 Å². The van der Waals surface area contributed by atoms with Gasteiger partial charge in [-0.3, -0.25) is 9.59 Å². The number of hydrogen-bond donors (Lipinski definition) is 0. The van der Waals surface area contributed by atoms with Gasteiger partial charge in [0.05, 0.1) is 0 Å². The lowest BCUT2D eigenvalue weighted by Crippen LogP contribution is -2.22. The van der Waals surface area contributed by atoms with Gasteiger partial charge in [-0.15, -0.1) is 0 Å². The van der Waals surface area contributed by atoms with Gasteiger partial charge >= 0.3 is 11.9 Å². The van der Waals surface area contributed by atoms with Crippen LogP contribution in [-0.4, -0.2) is 11.9 Å². The SMILES string of the molecule is CC(=O)Oc1c(C)cc(C(C)(C)c2ccc(C(C)(C)c3cc(C)c(OC(C)=O)c(C)c3)cc2)cc1C. The third kappa shape index (κ3) is 5.38. The minimum atomic E-state index is -0.308. The van der Waals surface area contributed by atoms with Crippen LogP contribution in [-0.2, 0) is 20.4 Å². The Labute approximate surface area is 215 Å². The van der Waals surface area contributed by atoms with Crippen molar-refractivity contribution < 1.29 is 19.1 Å². The first-order valence-electron chi connectivity index (χ1n) is 12.4. The van der Waals surface area contributed by atoms with E-state index in [4.69, 9.17) is 9.47 Å². The van der Waals surface area contributed by atoms with Gasteiger partial charge in [-0.2, -0.15) is 0 Å². The van der Waals surface area contributed by atoms with Gasteiger partial charge in [0.15, 0.2) is 0 Å². The molecule has 0 aliphatic rings. The van der Waals surface area contributed by atoms with Crippen LogP contribution >= 0.6 is 0 Å². The molecule has 3 aromatic rings. The monoisotopic (exact) mass is 486 g/mol. The lowest BCUT2D eigenvalue weighted by atomic mass is 9.74. The molecule has 0 saturated heterocycles. The van der Waals surface area contributed by atoms with Gasteiger partial charge < -0.3 is 9.47 Å². The van der Waals surface area contributed by atoms with Gasteiger partial charge in [0, 0.05) is 24.7 Å². The second-order valence-electron chi connectivity index (χ2n) is 10.9. The number of ether oxygens (including phenoxy) is 2. The number of carbonyl (C=O) groups is 2. The highest BCUT2D eigenvalue weighted by molar-refractivity contribution is 5.71. The molecule has 4 nitrogen and oxygen atoms in total. The Morgan fingerprint density at radius 1 is 0.528 bits per heavy atom. The minimum Gasteiger partial charge on any atom is -0.426 e. The van der Waals surface area contributed by atoms with Gasteiger partial charge in [0.25, 0.3) is 0 Å². The molecular weight excluding hydrogens is 448 g/mol. The van der Waals surface area contributed by atoms with Gasteiger partial charge in [-0.25, -0.2) is 0 Å². The van der Waals surface area contributed by atoms with Crippen molar-refractivity contribution in [3.63, 3.8) is 0 Å². The Bertz CT molecular complexity index is 1160. The van der Waals surface area contributed by atoms with Crippen LogP contribution in [0.25, 0.3) is 0 Å². The van der Waals surface area contributed by atoms with E-state index in [1.54, 1.807) is 0 Å². The average Bonchev–Trinajstić information content (AvgIpc) is 2.78. The smallest absolute Gasteiger partial charge is 0.308 e. The van der Waals surface area contributed by atoms with Crippen molar-refractivity contribution in [1.82, 2.24) is 0 Å². The molecule has 0 amide bonds. The van der Waals surface area contributed by atoms with E-state index in [1.165, 1.54) is 36.1 Å². The first kappa shape index (κ1) is 27.2. The first-order valence-corrected chi connectivity index (χ1v) is 12.4. The van der Waals surface area contributed by atoms with Crippen molar-refractivity contribution in [1.29, 1.82) is 0 Å². The minimum absolute atomic E-state index is 0.230. The zero-order valence-electron chi connectivity index (χ0n) is 23.3. The average molecular weight is 487 g/mol. The highest BCUT2D eigenvalue weighted by Gasteiger charge is 2.28. The maximum Gasteiger partial charge on any atom is 0.308 e. The van der Waals surface area contributed by atoms with E-state index < -0.39 is 0 Å². The molecule has 0 aromatic heterocycles. The molecule has 0 bridgehead atoms. The van der Waals surface area contributed by atoms with Gasteiger partial charge in [-0.1, -0.05) is 76.2 Å². The van der Waals surface area contributed by atoms with Gasteiger partial charge in [-0.05, 0) is 72.2 Å². The Balaban J connectivity index is 1.95. The van der Waals surface area contributed by atoms with Crippen molar-refractivity contribution in [2.45, 2.75) is 80.1 Å². The van der Waals surface area contributed by atoms with Crippen molar-refractivity contribution >= 4 is 11.9 Å². The number of benzene rings is 3. The molecule has 0 spiro atoms. The number of carbonyl (C=O) groups excluding carboxylic acids is 2. The molecule has 0 N–H and O–H groups in total. The molecule has 4 heteroatoms. The molecular formula is C32H38O4. The molecule has 0 atom stereocenters. The molecule has 0 heterocycles. The normalized spacial score (nSPS) is 11.8. The van der Waals surface area contributed by atoms with Crippen molar-refractivity contribution in [3.05, 3.63) is 93.0 Å². The van der Waals surface area contributed by atoms with Crippen molar-refractivity contribution in [3.8, 4) is 11.5 Å². The Hall–Kier alpha value is -3.40. The molecule has 0 fully saturated rings. The standard InChI is InChI=1S/C32H38O4/c1-19-15-27(16-20(2)29(19)35-23(5)33)31(7,8)25-11-13-26(14-12-25)32(9,10)28-17-21(3)30(22(4)18-28)36-24(6)34/h11-18H,1-10H3. The third-order valence-electron chi connectivity index (χ3n) is 7.18. The first-order chi connectivity index (χ1) is 16.6. The maximum absolute atomic E-state index is 11.5. The topological polar surface area (TPSA) is 52.6 Å². The summed E-state index contributed by atoms with van der Waals surface area (Å²) in [5, 5.41) is 0. The summed E-state index contributed by atoms with van der Waals surface area (Å²) in [5.41, 5.74) is 8.11. The Kier molecular flexibility index (Phi) is 7.50. The molecule has 3 rings (SSSR count). The fraction of sp³-hybridized carbons (Fsp3) is 0.375. The quantitative estimate of drug-likeness (QED) is 0.269. The van der Waals surface area contributed by atoms with Crippen LogP contribution < -0.4 is 9.47 Å². The summed E-state index contributed by atoms with van der Waals surface area (Å²) in [7, 11) is 0. The predicted octanol–water partition coefficient (Wildman–Crippen LogP) is 7.42. The fourth-order valence-electron chi connectivity index (χ4n) is 4.87. The van der Waals surface area contributed by atoms with Gasteiger partial charge in [0.2, 0.25) is 0 Å². The number of rotatable bonds is 6. The summed E-state index contributed by atoms with van der Waals surface area (Å²) in [6, 6.07) is 17.3. The van der Waals surface area contributed by atoms with E-state index in [2.05, 4.69) is 76.2 Å². The zero-order chi connectivity index (χ0) is 27.0. The molecule has 0 saturated carbocycles. The van der Waals surface area contributed by atoms with Crippen LogP contribution in [0.2, 0.25) is 0 Å². The Morgan fingerprint density at radius 2 is 0.778 bits per heavy atom. The second kappa shape index (κ2) is 9.93. The maximum atomic E-state index is 11.5. The number of aryl methyl sites for hydroxylation is 4. The zero-order valence-corrected chi connectivity index (χ0v) is 23.3. The molecule has 36 heavy (non-hydrogen) atoms. The summed E-state index contributed by atoms with van der Waals surface area (Å²) < 4.78 is 10.8. The van der Waals surface area contributed by atoms with Crippen LogP contribution in [0.4, 0.5) is 0 Å². The molecule has 190 valence electrons. The lowest BCUT2D eigenvalue weighted by Gasteiger charge is -2.31. The van der Waals surface area contributed by atoms with Crippen LogP contribution in [0, 0.1) is 27.7 Å². The van der Waals surface area contributed by atoms with Crippen LogP contribution in [0.15, 0.2) is 48.5 Å². The van der Waals surface area contributed by atoms with E-state index in [-0.39, 0.29) is 22.8 Å².